The summed E-state index contributed by atoms with van der Waals surface area (Å²) in [5.41, 5.74) is 13.1. The molecule has 2 N–H and O–H groups in total. The molecule has 8 nitrogen and oxygen atoms in total. The zero-order valence-corrected chi connectivity index (χ0v) is 21.5. The number of rotatable bonds is 5. The number of nitrogens with two attached hydrogens (primary N) is 1. The molecule has 7 rings (SSSR count). The van der Waals surface area contributed by atoms with E-state index in [4.69, 9.17) is 15.7 Å². The van der Waals surface area contributed by atoms with Gasteiger partial charge in [-0.25, -0.2) is 15.0 Å². The van der Waals surface area contributed by atoms with E-state index in [2.05, 4.69) is 57.0 Å². The summed E-state index contributed by atoms with van der Waals surface area (Å²) in [5, 5.41) is 9.21. The van der Waals surface area contributed by atoms with E-state index in [1.54, 1.807) is 6.20 Å². The number of pyridine rings is 2. The van der Waals surface area contributed by atoms with Gasteiger partial charge in [-0.3, -0.25) is 9.47 Å². The first-order chi connectivity index (χ1) is 19.1. The average Bonchev–Trinajstić information content (AvgIpc) is 3.56. The minimum absolute atomic E-state index is 0.298. The molecule has 0 atom stereocenters. The van der Waals surface area contributed by atoms with Gasteiger partial charge in [0.2, 0.25) is 0 Å². The highest BCUT2D eigenvalue weighted by atomic mass is 15.3. The first-order valence-electron chi connectivity index (χ1n) is 13.2. The van der Waals surface area contributed by atoms with E-state index in [0.717, 1.165) is 72.8 Å². The summed E-state index contributed by atoms with van der Waals surface area (Å²) in [6.07, 6.45) is 5.11. The van der Waals surface area contributed by atoms with Crippen molar-refractivity contribution in [3.05, 3.63) is 90.6 Å². The van der Waals surface area contributed by atoms with Gasteiger partial charge in [0.15, 0.2) is 17.7 Å². The molecule has 0 unspecified atom stereocenters. The van der Waals surface area contributed by atoms with Gasteiger partial charge in [0.05, 0.1) is 11.3 Å². The standard InChI is InChI=1S/C31H28N8/c32-21-37-16-14-31(18-37)19-38(20-31)17-22-8-10-24(11-9-22)39-29(25-7-4-15-34-28(25)33)36-27-13-12-26(35-30(27)39)23-5-2-1-3-6-23/h1-13,15H,14,16-20H2,(H2,33,34). The van der Waals surface area contributed by atoms with E-state index in [1.807, 2.05) is 47.4 Å². The summed E-state index contributed by atoms with van der Waals surface area (Å²) in [5.74, 6) is 1.15. The van der Waals surface area contributed by atoms with Gasteiger partial charge in [-0.2, -0.15) is 5.26 Å². The molecule has 0 radical (unpaired) electrons. The largest absolute Gasteiger partial charge is 0.383 e. The predicted octanol–water partition coefficient (Wildman–Crippen LogP) is 4.72. The quantitative estimate of drug-likeness (QED) is 0.340. The van der Waals surface area contributed by atoms with E-state index in [9.17, 15) is 5.26 Å². The molecule has 2 aliphatic heterocycles. The Bertz CT molecular complexity index is 1690. The molecule has 0 aliphatic carbocycles. The molecule has 0 bridgehead atoms. The first kappa shape index (κ1) is 23.4. The lowest BCUT2D eigenvalue weighted by Crippen LogP contribution is -2.56. The van der Waals surface area contributed by atoms with Crippen molar-refractivity contribution in [1.29, 1.82) is 5.26 Å². The summed E-state index contributed by atoms with van der Waals surface area (Å²) < 4.78 is 2.08. The lowest BCUT2D eigenvalue weighted by molar-refractivity contribution is 0.00531. The number of anilines is 1. The highest BCUT2D eigenvalue weighted by Crippen LogP contribution is 2.40. The zero-order chi connectivity index (χ0) is 26.4. The maximum Gasteiger partial charge on any atom is 0.179 e. The van der Waals surface area contributed by atoms with Crippen LogP contribution in [0.4, 0.5) is 5.82 Å². The van der Waals surface area contributed by atoms with Crippen LogP contribution in [-0.2, 0) is 6.54 Å². The highest BCUT2D eigenvalue weighted by Gasteiger charge is 2.47. The molecule has 2 aromatic carbocycles. The Morgan fingerprint density at radius 3 is 2.46 bits per heavy atom. The van der Waals surface area contributed by atoms with Gasteiger partial charge >= 0.3 is 0 Å². The van der Waals surface area contributed by atoms with Crippen LogP contribution in [0, 0.1) is 16.9 Å². The van der Waals surface area contributed by atoms with Crippen molar-refractivity contribution in [1.82, 2.24) is 29.3 Å². The zero-order valence-electron chi connectivity index (χ0n) is 21.5. The van der Waals surface area contributed by atoms with E-state index in [1.165, 1.54) is 5.56 Å². The fraction of sp³-hybridized carbons (Fsp3) is 0.226. The molecule has 192 valence electrons. The third-order valence-electron chi connectivity index (χ3n) is 7.95. The number of likely N-dealkylation sites (tertiary alicyclic amines) is 2. The molecule has 3 aromatic heterocycles. The van der Waals surface area contributed by atoms with Gasteiger partial charge in [-0.1, -0.05) is 42.5 Å². The summed E-state index contributed by atoms with van der Waals surface area (Å²) in [7, 11) is 0. The average molecular weight is 513 g/mol. The third-order valence-corrected chi connectivity index (χ3v) is 7.95. The van der Waals surface area contributed by atoms with Crippen LogP contribution in [0.3, 0.4) is 0 Å². The van der Waals surface area contributed by atoms with E-state index < -0.39 is 0 Å². The van der Waals surface area contributed by atoms with Crippen molar-refractivity contribution < 1.29 is 0 Å². The Morgan fingerprint density at radius 1 is 0.897 bits per heavy atom. The smallest absolute Gasteiger partial charge is 0.179 e. The second-order valence-corrected chi connectivity index (χ2v) is 10.7. The van der Waals surface area contributed by atoms with Crippen molar-refractivity contribution in [2.24, 2.45) is 5.41 Å². The molecule has 5 aromatic rings. The van der Waals surface area contributed by atoms with Crippen molar-refractivity contribution >= 4 is 17.0 Å². The number of aromatic nitrogens is 4. The normalized spacial score (nSPS) is 16.4. The van der Waals surface area contributed by atoms with Gasteiger partial charge in [-0.05, 0) is 48.4 Å². The number of fused-ring (bicyclic) bond motifs is 1. The maximum absolute atomic E-state index is 9.21. The first-order valence-corrected chi connectivity index (χ1v) is 13.2. The highest BCUT2D eigenvalue weighted by molar-refractivity contribution is 5.84. The molecule has 2 saturated heterocycles. The van der Waals surface area contributed by atoms with Crippen LogP contribution in [0.5, 0.6) is 0 Å². The molecular formula is C31H28N8. The van der Waals surface area contributed by atoms with Gasteiger partial charge in [0, 0.05) is 55.6 Å². The second-order valence-electron chi connectivity index (χ2n) is 10.7. The number of hydrogen-bond acceptors (Lipinski definition) is 7. The maximum atomic E-state index is 9.21. The minimum atomic E-state index is 0.298. The fourth-order valence-electron chi connectivity index (χ4n) is 6.06. The van der Waals surface area contributed by atoms with Crippen LogP contribution >= 0.6 is 0 Å². The monoisotopic (exact) mass is 512 g/mol. The SMILES string of the molecule is N#CN1CCC2(C1)CN(Cc1ccc(-n3c(-c4cccnc4N)nc4ccc(-c5ccccc5)nc43)cc1)C2. The van der Waals surface area contributed by atoms with Crippen molar-refractivity contribution in [2.75, 3.05) is 31.9 Å². The van der Waals surface area contributed by atoms with E-state index in [-0.39, 0.29) is 0 Å². The second kappa shape index (κ2) is 9.22. The summed E-state index contributed by atoms with van der Waals surface area (Å²) in [4.78, 5) is 18.7. The molecule has 39 heavy (non-hydrogen) atoms. The fourth-order valence-corrected chi connectivity index (χ4v) is 6.06. The minimum Gasteiger partial charge on any atom is -0.383 e. The Balaban J connectivity index is 1.23. The number of nitriles is 1. The molecule has 2 fully saturated rings. The molecular weight excluding hydrogens is 484 g/mol. The topological polar surface area (TPSA) is 99.9 Å². The number of benzene rings is 2. The molecule has 8 heteroatoms. The number of imidazole rings is 1. The Hall–Kier alpha value is -4.74. The van der Waals surface area contributed by atoms with Crippen LogP contribution in [0.15, 0.2) is 85.1 Å². The molecule has 1 spiro atoms. The van der Waals surface area contributed by atoms with Crippen molar-refractivity contribution in [3.8, 4) is 34.5 Å². The summed E-state index contributed by atoms with van der Waals surface area (Å²) >= 11 is 0. The van der Waals surface area contributed by atoms with Gasteiger partial charge in [-0.15, -0.1) is 0 Å². The molecule has 0 saturated carbocycles. The lowest BCUT2D eigenvalue weighted by Gasteiger charge is -2.48. The van der Waals surface area contributed by atoms with Crippen molar-refractivity contribution in [3.63, 3.8) is 0 Å². The van der Waals surface area contributed by atoms with Crippen LogP contribution in [-0.4, -0.2) is 55.5 Å². The van der Waals surface area contributed by atoms with Gasteiger partial charge in [0.25, 0.3) is 0 Å². The number of nitrogen functional groups attached to an aromatic ring is 1. The van der Waals surface area contributed by atoms with Crippen molar-refractivity contribution in [2.45, 2.75) is 13.0 Å². The third kappa shape index (κ3) is 4.17. The van der Waals surface area contributed by atoms with E-state index in [0.29, 0.717) is 17.1 Å². The molecule has 2 aliphatic rings. The van der Waals surface area contributed by atoms with E-state index >= 15 is 0 Å². The molecule has 5 heterocycles. The Morgan fingerprint density at radius 2 is 1.72 bits per heavy atom. The van der Waals surface area contributed by atoms with Crippen LogP contribution in [0.25, 0.3) is 39.5 Å². The lowest BCUT2D eigenvalue weighted by atomic mass is 9.79. The Kier molecular flexibility index (Phi) is 5.53. The summed E-state index contributed by atoms with van der Waals surface area (Å²) in [6, 6.07) is 26.6. The van der Waals surface area contributed by atoms with Crippen LogP contribution < -0.4 is 5.73 Å². The van der Waals surface area contributed by atoms with Gasteiger partial charge in [0.1, 0.15) is 11.3 Å². The Labute approximate surface area is 227 Å². The predicted molar refractivity (Wildman–Crippen MR) is 151 cm³/mol. The van der Waals surface area contributed by atoms with Crippen LogP contribution in [0.1, 0.15) is 12.0 Å². The van der Waals surface area contributed by atoms with Crippen LogP contribution in [0.2, 0.25) is 0 Å². The summed E-state index contributed by atoms with van der Waals surface area (Å²) in [6.45, 7) is 4.79. The number of hydrogen-bond donors (Lipinski definition) is 1. The van der Waals surface area contributed by atoms with Gasteiger partial charge < -0.3 is 10.6 Å². The number of nitrogens with zero attached hydrogens (tertiary/aromatic N) is 7. The molecule has 0 amide bonds.